The van der Waals surface area contributed by atoms with Gasteiger partial charge in [0.1, 0.15) is 5.69 Å². The van der Waals surface area contributed by atoms with Crippen molar-refractivity contribution in [3.05, 3.63) is 40.4 Å². The van der Waals surface area contributed by atoms with E-state index in [1.54, 1.807) is 19.9 Å². The molecule has 2 heterocycles. The molecule has 1 amide bonds. The van der Waals surface area contributed by atoms with Crippen LogP contribution in [0.3, 0.4) is 0 Å². The van der Waals surface area contributed by atoms with Gasteiger partial charge in [-0.15, -0.1) is 5.10 Å². The molecule has 0 saturated heterocycles. The van der Waals surface area contributed by atoms with Gasteiger partial charge in [-0.05, 0) is 26.0 Å². The maximum atomic E-state index is 11.8. The third-order valence-corrected chi connectivity index (χ3v) is 2.51. The number of carbonyl (C=O) groups is 1. The zero-order valence-electron chi connectivity index (χ0n) is 9.81. The molecule has 0 aromatic carbocycles. The molecule has 7 heteroatoms. The van der Waals surface area contributed by atoms with Crippen LogP contribution in [0.4, 0.5) is 5.95 Å². The number of carbonyl (C=O) groups excluding carboxylic acids is 1. The van der Waals surface area contributed by atoms with E-state index in [9.17, 15) is 4.79 Å². The molecule has 92 valence electrons. The summed E-state index contributed by atoms with van der Waals surface area (Å²) >= 11 is 5.77. The van der Waals surface area contributed by atoms with Crippen molar-refractivity contribution in [3.8, 4) is 0 Å². The molecule has 0 aliphatic heterocycles. The van der Waals surface area contributed by atoms with Crippen molar-refractivity contribution in [3.63, 3.8) is 0 Å². The van der Waals surface area contributed by atoms with Crippen LogP contribution in [0.25, 0.3) is 0 Å². The van der Waals surface area contributed by atoms with E-state index < -0.39 is 5.91 Å². The first kappa shape index (κ1) is 12.4. The lowest BCUT2D eigenvalue weighted by Gasteiger charge is -2.04. The quantitative estimate of drug-likeness (QED) is 0.893. The highest BCUT2D eigenvalue weighted by atomic mass is 35.5. The Hall–Kier alpha value is -2.08. The van der Waals surface area contributed by atoms with Crippen molar-refractivity contribution in [2.24, 2.45) is 0 Å². The van der Waals surface area contributed by atoms with E-state index in [0.29, 0.717) is 16.4 Å². The fourth-order valence-corrected chi connectivity index (χ4v) is 1.36. The van der Waals surface area contributed by atoms with Crippen LogP contribution in [0.15, 0.2) is 18.3 Å². The highest BCUT2D eigenvalue weighted by molar-refractivity contribution is 6.30. The minimum Gasteiger partial charge on any atom is -0.288 e. The standard InChI is InChI=1S/C11H10ClN5O/c1-6-7(2)16-17-11(14-6)15-10(18)9-5-8(12)3-4-13-9/h3-5H,1-2H3,(H,14,15,17,18). The largest absolute Gasteiger partial charge is 0.288 e. The van der Waals surface area contributed by atoms with Gasteiger partial charge >= 0.3 is 0 Å². The van der Waals surface area contributed by atoms with Crippen LogP contribution in [0.2, 0.25) is 5.02 Å². The number of amides is 1. The summed E-state index contributed by atoms with van der Waals surface area (Å²) in [6.07, 6.45) is 1.46. The maximum absolute atomic E-state index is 11.8. The van der Waals surface area contributed by atoms with Gasteiger partial charge in [0.05, 0.1) is 11.4 Å². The second-order valence-electron chi connectivity index (χ2n) is 3.62. The van der Waals surface area contributed by atoms with Gasteiger partial charge in [0.2, 0.25) is 5.95 Å². The molecule has 2 rings (SSSR count). The Labute approximate surface area is 108 Å². The molecule has 0 atom stereocenters. The van der Waals surface area contributed by atoms with Crippen molar-refractivity contribution >= 4 is 23.5 Å². The van der Waals surface area contributed by atoms with Crippen LogP contribution in [0, 0.1) is 13.8 Å². The first-order chi connectivity index (χ1) is 8.56. The molecule has 6 nitrogen and oxygen atoms in total. The first-order valence-electron chi connectivity index (χ1n) is 5.17. The van der Waals surface area contributed by atoms with Crippen molar-refractivity contribution in [1.29, 1.82) is 0 Å². The Morgan fingerprint density at radius 3 is 2.72 bits per heavy atom. The molecule has 0 spiro atoms. The normalized spacial score (nSPS) is 10.2. The highest BCUT2D eigenvalue weighted by Crippen LogP contribution is 2.09. The maximum Gasteiger partial charge on any atom is 0.276 e. The summed E-state index contributed by atoms with van der Waals surface area (Å²) in [6, 6.07) is 3.05. The number of anilines is 1. The predicted molar refractivity (Wildman–Crippen MR) is 66.5 cm³/mol. The molecule has 0 fully saturated rings. The second-order valence-corrected chi connectivity index (χ2v) is 4.06. The van der Waals surface area contributed by atoms with Gasteiger partial charge in [-0.1, -0.05) is 11.6 Å². The topological polar surface area (TPSA) is 80.7 Å². The predicted octanol–water partition coefficient (Wildman–Crippen LogP) is 1.79. The monoisotopic (exact) mass is 263 g/mol. The SMILES string of the molecule is Cc1nnc(NC(=O)c2cc(Cl)ccn2)nc1C. The molecular formula is C11H10ClN5O. The molecule has 0 aliphatic carbocycles. The second kappa shape index (κ2) is 5.05. The lowest BCUT2D eigenvalue weighted by atomic mass is 10.3. The van der Waals surface area contributed by atoms with Crippen LogP contribution in [-0.2, 0) is 0 Å². The molecule has 0 radical (unpaired) electrons. The van der Waals surface area contributed by atoms with Crippen LogP contribution in [-0.4, -0.2) is 26.1 Å². The van der Waals surface area contributed by atoms with Crippen LogP contribution < -0.4 is 5.32 Å². The van der Waals surface area contributed by atoms with Gasteiger partial charge in [-0.25, -0.2) is 4.98 Å². The Morgan fingerprint density at radius 1 is 1.28 bits per heavy atom. The Kier molecular flexibility index (Phi) is 3.47. The number of hydrogen-bond donors (Lipinski definition) is 1. The Bertz CT molecular complexity index is 602. The van der Waals surface area contributed by atoms with Gasteiger partial charge in [0, 0.05) is 11.2 Å². The molecule has 2 aromatic heterocycles. The fraction of sp³-hybridized carbons (Fsp3) is 0.182. The van der Waals surface area contributed by atoms with Gasteiger partial charge in [0.25, 0.3) is 5.91 Å². The molecule has 0 saturated carbocycles. The molecule has 1 N–H and O–H groups in total. The summed E-state index contributed by atoms with van der Waals surface area (Å²) < 4.78 is 0. The van der Waals surface area contributed by atoms with Crippen molar-refractivity contribution in [1.82, 2.24) is 20.2 Å². The average Bonchev–Trinajstić information content (AvgIpc) is 2.34. The van der Waals surface area contributed by atoms with E-state index in [1.807, 2.05) is 0 Å². The third kappa shape index (κ3) is 2.78. The first-order valence-corrected chi connectivity index (χ1v) is 5.55. The van der Waals surface area contributed by atoms with Crippen molar-refractivity contribution in [2.75, 3.05) is 5.32 Å². The van der Waals surface area contributed by atoms with Gasteiger partial charge < -0.3 is 0 Å². The van der Waals surface area contributed by atoms with E-state index in [-0.39, 0.29) is 11.6 Å². The Morgan fingerprint density at radius 2 is 2.06 bits per heavy atom. The van der Waals surface area contributed by atoms with Gasteiger partial charge in [-0.3, -0.25) is 15.1 Å². The molecule has 18 heavy (non-hydrogen) atoms. The number of aryl methyl sites for hydroxylation is 2. The zero-order valence-corrected chi connectivity index (χ0v) is 10.6. The molecular weight excluding hydrogens is 254 g/mol. The minimum absolute atomic E-state index is 0.143. The van der Waals surface area contributed by atoms with E-state index >= 15 is 0 Å². The van der Waals surface area contributed by atoms with Gasteiger partial charge in [0.15, 0.2) is 0 Å². The molecule has 0 aliphatic rings. The van der Waals surface area contributed by atoms with E-state index in [2.05, 4.69) is 25.5 Å². The van der Waals surface area contributed by atoms with Crippen LogP contribution in [0.1, 0.15) is 21.9 Å². The summed E-state index contributed by atoms with van der Waals surface area (Å²) in [7, 11) is 0. The van der Waals surface area contributed by atoms with E-state index in [4.69, 9.17) is 11.6 Å². The number of halogens is 1. The summed E-state index contributed by atoms with van der Waals surface area (Å²) in [5.41, 5.74) is 1.62. The molecule has 0 unspecified atom stereocenters. The number of rotatable bonds is 2. The number of pyridine rings is 1. The number of aromatic nitrogens is 4. The zero-order chi connectivity index (χ0) is 13.1. The Balaban J connectivity index is 2.18. The molecule has 0 bridgehead atoms. The summed E-state index contributed by atoms with van der Waals surface area (Å²) in [4.78, 5) is 19.8. The third-order valence-electron chi connectivity index (χ3n) is 2.27. The van der Waals surface area contributed by atoms with Gasteiger partial charge in [-0.2, -0.15) is 5.10 Å². The van der Waals surface area contributed by atoms with Crippen LogP contribution >= 0.6 is 11.6 Å². The fourth-order valence-electron chi connectivity index (χ4n) is 1.20. The van der Waals surface area contributed by atoms with Crippen molar-refractivity contribution in [2.45, 2.75) is 13.8 Å². The van der Waals surface area contributed by atoms with E-state index in [0.717, 1.165) is 0 Å². The smallest absolute Gasteiger partial charge is 0.276 e. The number of hydrogen-bond acceptors (Lipinski definition) is 5. The number of nitrogens with one attached hydrogen (secondary N) is 1. The van der Waals surface area contributed by atoms with Crippen LogP contribution in [0.5, 0.6) is 0 Å². The number of nitrogens with zero attached hydrogens (tertiary/aromatic N) is 4. The summed E-state index contributed by atoms with van der Waals surface area (Å²) in [5, 5.41) is 10.6. The highest BCUT2D eigenvalue weighted by Gasteiger charge is 2.10. The molecule has 2 aromatic rings. The summed E-state index contributed by atoms with van der Waals surface area (Å²) in [6.45, 7) is 3.58. The van der Waals surface area contributed by atoms with Crippen molar-refractivity contribution < 1.29 is 4.79 Å². The summed E-state index contributed by atoms with van der Waals surface area (Å²) in [5.74, 6) is -0.285. The average molecular weight is 264 g/mol. The van der Waals surface area contributed by atoms with E-state index in [1.165, 1.54) is 12.3 Å². The minimum atomic E-state index is -0.428. The lowest BCUT2D eigenvalue weighted by Crippen LogP contribution is -2.16. The lowest BCUT2D eigenvalue weighted by molar-refractivity contribution is 0.102.